The molecule has 2 heteroatoms. The first-order chi connectivity index (χ1) is 9.24. The number of piperidine rings is 1. The molecule has 1 N–H and O–H groups in total. The van der Waals surface area contributed by atoms with Crippen molar-refractivity contribution in [2.24, 2.45) is 0 Å². The summed E-state index contributed by atoms with van der Waals surface area (Å²) in [6, 6.07) is 7.29. The number of hydrogen-bond acceptors (Lipinski definition) is 2. The van der Waals surface area contributed by atoms with Gasteiger partial charge in [-0.2, -0.15) is 0 Å². The van der Waals surface area contributed by atoms with E-state index < -0.39 is 0 Å². The first kappa shape index (κ1) is 14.4. The Bertz CT molecular complexity index is 392. The summed E-state index contributed by atoms with van der Waals surface area (Å²) in [4.78, 5) is 2.59. The van der Waals surface area contributed by atoms with Crippen LogP contribution in [0, 0.1) is 6.92 Å². The zero-order chi connectivity index (χ0) is 13.7. The minimum atomic E-state index is 0.652. The first-order valence-corrected chi connectivity index (χ1v) is 7.82. The van der Waals surface area contributed by atoms with E-state index in [0.717, 1.165) is 6.42 Å². The Morgan fingerprint density at radius 3 is 2.58 bits per heavy atom. The topological polar surface area (TPSA) is 15.3 Å². The Morgan fingerprint density at radius 1 is 1.21 bits per heavy atom. The molecule has 0 atom stereocenters. The van der Waals surface area contributed by atoms with Crippen LogP contribution in [0.1, 0.15) is 44.2 Å². The van der Waals surface area contributed by atoms with Gasteiger partial charge in [-0.3, -0.25) is 0 Å². The number of aryl methyl sites for hydroxylation is 2. The van der Waals surface area contributed by atoms with Crippen molar-refractivity contribution in [3.05, 3.63) is 29.3 Å². The third-order valence-corrected chi connectivity index (χ3v) is 4.22. The summed E-state index contributed by atoms with van der Waals surface area (Å²) in [7, 11) is 0. The lowest BCUT2D eigenvalue weighted by Crippen LogP contribution is -2.39. The fourth-order valence-corrected chi connectivity index (χ4v) is 3.05. The largest absolute Gasteiger partial charge is 0.382 e. The maximum atomic E-state index is 3.80. The van der Waals surface area contributed by atoms with E-state index in [-0.39, 0.29) is 0 Å². The highest BCUT2D eigenvalue weighted by molar-refractivity contribution is 5.57. The Hall–Kier alpha value is -1.02. The van der Waals surface area contributed by atoms with E-state index in [9.17, 15) is 0 Å². The number of rotatable bonds is 5. The van der Waals surface area contributed by atoms with Crippen molar-refractivity contribution in [3.8, 4) is 0 Å². The normalized spacial score (nSPS) is 17.6. The SMILES string of the molecule is CCCN1CCC(Nc2c(C)cccc2CC)CC1. The molecule has 1 heterocycles. The van der Waals surface area contributed by atoms with Crippen LogP contribution in [0.4, 0.5) is 5.69 Å². The summed E-state index contributed by atoms with van der Waals surface area (Å²) in [5.74, 6) is 0. The van der Waals surface area contributed by atoms with Crippen molar-refractivity contribution in [2.75, 3.05) is 25.0 Å². The Kier molecular flexibility index (Phi) is 5.26. The van der Waals surface area contributed by atoms with Crippen molar-refractivity contribution < 1.29 is 0 Å². The van der Waals surface area contributed by atoms with Crippen LogP contribution in [0.25, 0.3) is 0 Å². The molecule has 1 aromatic rings. The number of para-hydroxylation sites is 1. The van der Waals surface area contributed by atoms with E-state index in [1.54, 1.807) is 0 Å². The molecule has 0 amide bonds. The molecule has 1 aromatic carbocycles. The highest BCUT2D eigenvalue weighted by Crippen LogP contribution is 2.24. The van der Waals surface area contributed by atoms with Gasteiger partial charge in [0.2, 0.25) is 0 Å². The van der Waals surface area contributed by atoms with Crippen molar-refractivity contribution in [3.63, 3.8) is 0 Å². The first-order valence-electron chi connectivity index (χ1n) is 7.82. The average molecular weight is 260 g/mol. The molecule has 106 valence electrons. The van der Waals surface area contributed by atoms with Crippen LogP contribution >= 0.6 is 0 Å². The van der Waals surface area contributed by atoms with E-state index in [0.29, 0.717) is 6.04 Å². The second kappa shape index (κ2) is 6.95. The van der Waals surface area contributed by atoms with Gasteiger partial charge in [0, 0.05) is 24.8 Å². The third-order valence-electron chi connectivity index (χ3n) is 4.22. The number of benzene rings is 1. The molecule has 0 saturated carbocycles. The zero-order valence-electron chi connectivity index (χ0n) is 12.7. The molecule has 0 bridgehead atoms. The summed E-state index contributed by atoms with van der Waals surface area (Å²) < 4.78 is 0. The molecule has 2 nitrogen and oxygen atoms in total. The average Bonchev–Trinajstić information content (AvgIpc) is 2.43. The van der Waals surface area contributed by atoms with Gasteiger partial charge in [-0.1, -0.05) is 32.0 Å². The predicted molar refractivity (Wildman–Crippen MR) is 83.9 cm³/mol. The number of hydrogen-bond donors (Lipinski definition) is 1. The number of nitrogens with one attached hydrogen (secondary N) is 1. The van der Waals surface area contributed by atoms with Crippen LogP contribution in [-0.4, -0.2) is 30.6 Å². The number of anilines is 1. The second-order valence-corrected chi connectivity index (χ2v) is 5.72. The molecular formula is C17H28N2. The van der Waals surface area contributed by atoms with Gasteiger partial charge in [-0.15, -0.1) is 0 Å². The monoisotopic (exact) mass is 260 g/mol. The maximum absolute atomic E-state index is 3.80. The molecule has 0 radical (unpaired) electrons. The van der Waals surface area contributed by atoms with Crippen molar-refractivity contribution in [2.45, 2.75) is 52.5 Å². The molecule has 0 aromatic heterocycles. The second-order valence-electron chi connectivity index (χ2n) is 5.72. The lowest BCUT2D eigenvalue weighted by atomic mass is 10.0. The van der Waals surface area contributed by atoms with Gasteiger partial charge >= 0.3 is 0 Å². The van der Waals surface area contributed by atoms with Crippen LogP contribution < -0.4 is 5.32 Å². The molecular weight excluding hydrogens is 232 g/mol. The molecule has 1 aliphatic rings. The Morgan fingerprint density at radius 2 is 1.95 bits per heavy atom. The van der Waals surface area contributed by atoms with Crippen LogP contribution in [0.15, 0.2) is 18.2 Å². The third kappa shape index (κ3) is 3.73. The van der Waals surface area contributed by atoms with Crippen LogP contribution in [0.2, 0.25) is 0 Å². The highest BCUT2D eigenvalue weighted by atomic mass is 15.1. The summed E-state index contributed by atoms with van der Waals surface area (Å²) in [6.07, 6.45) is 4.93. The Labute approximate surface area is 118 Å². The predicted octanol–water partition coefficient (Wildman–Crippen LogP) is 3.84. The van der Waals surface area contributed by atoms with E-state index in [4.69, 9.17) is 0 Å². The van der Waals surface area contributed by atoms with Crippen molar-refractivity contribution in [1.82, 2.24) is 4.90 Å². The fraction of sp³-hybridized carbons (Fsp3) is 0.647. The Balaban J connectivity index is 1.96. The summed E-state index contributed by atoms with van der Waals surface area (Å²) >= 11 is 0. The standard InChI is InChI=1S/C17H28N2/c1-4-11-19-12-9-16(10-13-19)18-17-14(3)7-6-8-15(17)5-2/h6-8,16,18H,4-5,9-13H2,1-3H3. The fourth-order valence-electron chi connectivity index (χ4n) is 3.05. The highest BCUT2D eigenvalue weighted by Gasteiger charge is 2.19. The minimum absolute atomic E-state index is 0.652. The van der Waals surface area contributed by atoms with Gasteiger partial charge in [0.05, 0.1) is 0 Å². The summed E-state index contributed by atoms with van der Waals surface area (Å²) in [5.41, 5.74) is 4.23. The molecule has 19 heavy (non-hydrogen) atoms. The van der Waals surface area contributed by atoms with Crippen LogP contribution in [0.5, 0.6) is 0 Å². The molecule has 0 aliphatic carbocycles. The molecule has 1 fully saturated rings. The minimum Gasteiger partial charge on any atom is -0.382 e. The van der Waals surface area contributed by atoms with Crippen LogP contribution in [0.3, 0.4) is 0 Å². The lowest BCUT2D eigenvalue weighted by molar-refractivity contribution is 0.219. The van der Waals surface area contributed by atoms with Gasteiger partial charge in [0.25, 0.3) is 0 Å². The quantitative estimate of drug-likeness (QED) is 0.865. The van der Waals surface area contributed by atoms with Gasteiger partial charge in [0.15, 0.2) is 0 Å². The van der Waals surface area contributed by atoms with E-state index in [1.165, 1.54) is 55.7 Å². The lowest BCUT2D eigenvalue weighted by Gasteiger charge is -2.33. The van der Waals surface area contributed by atoms with E-state index >= 15 is 0 Å². The van der Waals surface area contributed by atoms with Gasteiger partial charge in [0.1, 0.15) is 0 Å². The summed E-state index contributed by atoms with van der Waals surface area (Å²) in [6.45, 7) is 10.5. The van der Waals surface area contributed by atoms with E-state index in [2.05, 4.69) is 49.2 Å². The molecule has 1 aliphatic heterocycles. The molecule has 1 saturated heterocycles. The maximum Gasteiger partial charge on any atom is 0.0404 e. The smallest absolute Gasteiger partial charge is 0.0404 e. The van der Waals surface area contributed by atoms with Crippen LogP contribution in [-0.2, 0) is 6.42 Å². The molecule has 0 spiro atoms. The molecule has 0 unspecified atom stereocenters. The zero-order valence-corrected chi connectivity index (χ0v) is 12.7. The van der Waals surface area contributed by atoms with Gasteiger partial charge in [-0.05, 0) is 50.3 Å². The molecule has 2 rings (SSSR count). The number of nitrogens with zero attached hydrogens (tertiary/aromatic N) is 1. The number of likely N-dealkylation sites (tertiary alicyclic amines) is 1. The van der Waals surface area contributed by atoms with Crippen molar-refractivity contribution in [1.29, 1.82) is 0 Å². The van der Waals surface area contributed by atoms with Crippen molar-refractivity contribution >= 4 is 5.69 Å². The van der Waals surface area contributed by atoms with Gasteiger partial charge < -0.3 is 10.2 Å². The van der Waals surface area contributed by atoms with E-state index in [1.807, 2.05) is 0 Å². The van der Waals surface area contributed by atoms with Gasteiger partial charge in [-0.25, -0.2) is 0 Å². The summed E-state index contributed by atoms with van der Waals surface area (Å²) in [5, 5.41) is 3.80.